The molecule has 0 unspecified atom stereocenters. The summed E-state index contributed by atoms with van der Waals surface area (Å²) in [5.41, 5.74) is 2.16. The van der Waals surface area contributed by atoms with Gasteiger partial charge in [0, 0.05) is 18.1 Å². The summed E-state index contributed by atoms with van der Waals surface area (Å²) in [7, 11) is 0. The Hall–Kier alpha value is -2.48. The minimum atomic E-state index is -0.365. The van der Waals surface area contributed by atoms with Crippen LogP contribution in [0.25, 0.3) is 17.1 Å². The third-order valence-corrected chi connectivity index (χ3v) is 6.15. The van der Waals surface area contributed by atoms with Gasteiger partial charge in [-0.15, -0.1) is 5.10 Å². The molecule has 134 valence electrons. The Balaban J connectivity index is 1.62. The van der Waals surface area contributed by atoms with Gasteiger partial charge in [-0.1, -0.05) is 77.2 Å². The first-order valence-electron chi connectivity index (χ1n) is 8.05. The summed E-state index contributed by atoms with van der Waals surface area (Å²) in [6.07, 6.45) is 6.97. The lowest BCUT2D eigenvalue weighted by Gasteiger charge is -1.97. The molecule has 1 aromatic carbocycles. The first-order valence-corrected chi connectivity index (χ1v) is 10.2. The molecule has 27 heavy (non-hydrogen) atoms. The number of hydrogen-bond donors (Lipinski definition) is 0. The van der Waals surface area contributed by atoms with E-state index in [4.69, 9.17) is 11.6 Å². The molecule has 0 aliphatic rings. The van der Waals surface area contributed by atoms with E-state index < -0.39 is 0 Å². The summed E-state index contributed by atoms with van der Waals surface area (Å²) in [5.74, 6) is 0.775. The van der Waals surface area contributed by atoms with E-state index in [2.05, 4.69) is 27.2 Å². The Morgan fingerprint density at radius 2 is 2.00 bits per heavy atom. The van der Waals surface area contributed by atoms with Gasteiger partial charge in [0.25, 0.3) is 5.56 Å². The van der Waals surface area contributed by atoms with Crippen molar-refractivity contribution in [1.82, 2.24) is 19.6 Å². The van der Waals surface area contributed by atoms with Gasteiger partial charge in [0.2, 0.25) is 4.96 Å². The number of nitrogens with zero attached hydrogens (tertiary/aromatic N) is 4. The highest BCUT2D eigenvalue weighted by atomic mass is 35.5. The van der Waals surface area contributed by atoms with Gasteiger partial charge in [0.1, 0.15) is 5.02 Å². The van der Waals surface area contributed by atoms with E-state index in [-0.39, 0.29) is 10.6 Å². The second-order valence-electron chi connectivity index (χ2n) is 5.57. The van der Waals surface area contributed by atoms with E-state index in [0.29, 0.717) is 10.7 Å². The zero-order valence-corrected chi connectivity index (χ0v) is 16.3. The van der Waals surface area contributed by atoms with E-state index in [9.17, 15) is 4.79 Å². The van der Waals surface area contributed by atoms with Gasteiger partial charge in [0.05, 0.1) is 5.69 Å². The van der Waals surface area contributed by atoms with Gasteiger partial charge in [-0.2, -0.15) is 4.52 Å². The Bertz CT molecular complexity index is 1160. The van der Waals surface area contributed by atoms with Gasteiger partial charge in [0.15, 0.2) is 4.34 Å². The van der Waals surface area contributed by atoms with Gasteiger partial charge < -0.3 is 0 Å². The SMILES string of the molecule is O=c1c(Cl)c(C=Cc2cccnc2)nc2sc(SCc3ccccc3)nn12. The summed E-state index contributed by atoms with van der Waals surface area (Å²) in [4.78, 5) is 21.6. The minimum absolute atomic E-state index is 0.0533. The molecule has 3 aromatic heterocycles. The van der Waals surface area contributed by atoms with E-state index in [1.54, 1.807) is 30.2 Å². The van der Waals surface area contributed by atoms with Gasteiger partial charge >= 0.3 is 0 Å². The van der Waals surface area contributed by atoms with Gasteiger partial charge in [-0.25, -0.2) is 4.98 Å². The van der Waals surface area contributed by atoms with Crippen LogP contribution in [0.2, 0.25) is 5.02 Å². The van der Waals surface area contributed by atoms with Crippen molar-refractivity contribution in [3.05, 3.63) is 87.1 Å². The van der Waals surface area contributed by atoms with Crippen LogP contribution >= 0.6 is 34.7 Å². The average molecular weight is 413 g/mol. The lowest BCUT2D eigenvalue weighted by atomic mass is 10.2. The first-order chi connectivity index (χ1) is 13.2. The van der Waals surface area contributed by atoms with E-state index in [1.165, 1.54) is 21.4 Å². The Labute approximate surface area is 168 Å². The van der Waals surface area contributed by atoms with Crippen molar-refractivity contribution in [2.24, 2.45) is 0 Å². The van der Waals surface area contributed by atoms with Crippen molar-refractivity contribution in [3.8, 4) is 0 Å². The Kier molecular flexibility index (Phi) is 5.33. The predicted octanol–water partition coefficient (Wildman–Crippen LogP) is 4.66. The first kappa shape index (κ1) is 17.9. The zero-order valence-electron chi connectivity index (χ0n) is 13.9. The van der Waals surface area contributed by atoms with E-state index in [0.717, 1.165) is 15.7 Å². The van der Waals surface area contributed by atoms with Crippen LogP contribution in [0.4, 0.5) is 0 Å². The maximum Gasteiger partial charge on any atom is 0.294 e. The van der Waals surface area contributed by atoms with Gasteiger partial charge in [-0.05, 0) is 23.3 Å². The number of benzene rings is 1. The molecule has 8 heteroatoms. The van der Waals surface area contributed by atoms with Crippen molar-refractivity contribution in [1.29, 1.82) is 0 Å². The molecular weight excluding hydrogens is 400 g/mol. The molecule has 3 heterocycles. The molecule has 0 saturated carbocycles. The molecule has 4 aromatic rings. The number of fused-ring (bicyclic) bond motifs is 1. The monoisotopic (exact) mass is 412 g/mol. The standard InChI is InChI=1S/C19H13ClN4OS2/c20-16-15(9-8-13-7-4-10-21-11-13)22-18-24(17(16)25)23-19(27-18)26-12-14-5-2-1-3-6-14/h1-11H,12H2. The highest BCUT2D eigenvalue weighted by Gasteiger charge is 2.13. The van der Waals surface area contributed by atoms with Crippen LogP contribution in [0, 0.1) is 0 Å². The molecule has 0 fully saturated rings. The van der Waals surface area contributed by atoms with Crippen molar-refractivity contribution < 1.29 is 0 Å². The largest absolute Gasteiger partial charge is 0.294 e. The zero-order chi connectivity index (χ0) is 18.6. The molecule has 0 aliphatic carbocycles. The van der Waals surface area contributed by atoms with Crippen molar-refractivity contribution in [2.45, 2.75) is 10.1 Å². The van der Waals surface area contributed by atoms with E-state index in [1.807, 2.05) is 36.4 Å². The molecule has 5 nitrogen and oxygen atoms in total. The number of pyridine rings is 1. The summed E-state index contributed by atoms with van der Waals surface area (Å²) >= 11 is 9.16. The van der Waals surface area contributed by atoms with E-state index >= 15 is 0 Å². The molecule has 0 atom stereocenters. The molecule has 0 amide bonds. The highest BCUT2D eigenvalue weighted by molar-refractivity contribution is 8.00. The molecule has 4 rings (SSSR count). The Morgan fingerprint density at radius 1 is 1.15 bits per heavy atom. The van der Waals surface area contributed by atoms with Crippen LogP contribution in [0.15, 0.2) is 64.0 Å². The van der Waals surface area contributed by atoms with Crippen LogP contribution in [-0.2, 0) is 5.75 Å². The third kappa shape index (κ3) is 4.10. The average Bonchev–Trinajstić information content (AvgIpc) is 3.13. The maximum atomic E-state index is 12.5. The number of hydrogen-bond acceptors (Lipinski definition) is 6. The molecule has 0 N–H and O–H groups in total. The number of thioether (sulfide) groups is 1. The summed E-state index contributed by atoms with van der Waals surface area (Å²) in [6, 6.07) is 13.9. The van der Waals surface area contributed by atoms with Gasteiger partial charge in [-0.3, -0.25) is 9.78 Å². The topological polar surface area (TPSA) is 60.2 Å². The third-order valence-electron chi connectivity index (χ3n) is 3.69. The van der Waals surface area contributed by atoms with Crippen molar-refractivity contribution >= 4 is 51.8 Å². The lowest BCUT2D eigenvalue weighted by Crippen LogP contribution is -2.16. The second-order valence-corrected chi connectivity index (χ2v) is 8.13. The van der Waals surface area contributed by atoms with Crippen LogP contribution in [0.3, 0.4) is 0 Å². The lowest BCUT2D eigenvalue weighted by molar-refractivity contribution is 0.856. The fraction of sp³-hybridized carbons (Fsp3) is 0.0526. The minimum Gasteiger partial charge on any atom is -0.266 e. The number of rotatable bonds is 5. The van der Waals surface area contributed by atoms with Crippen LogP contribution in [-0.4, -0.2) is 19.6 Å². The normalized spacial score (nSPS) is 11.4. The fourth-order valence-electron chi connectivity index (χ4n) is 2.36. The summed E-state index contributed by atoms with van der Waals surface area (Å²) in [6.45, 7) is 0. The molecular formula is C19H13ClN4OS2. The Morgan fingerprint density at radius 3 is 2.78 bits per heavy atom. The molecule has 0 spiro atoms. The predicted molar refractivity (Wildman–Crippen MR) is 111 cm³/mol. The quantitative estimate of drug-likeness (QED) is 0.446. The fourth-order valence-corrected chi connectivity index (χ4v) is 4.44. The number of aromatic nitrogens is 4. The smallest absolute Gasteiger partial charge is 0.266 e. The molecule has 0 saturated heterocycles. The second kappa shape index (κ2) is 8.04. The maximum absolute atomic E-state index is 12.5. The molecule has 0 radical (unpaired) electrons. The van der Waals surface area contributed by atoms with Crippen molar-refractivity contribution in [3.63, 3.8) is 0 Å². The van der Waals surface area contributed by atoms with Crippen LogP contribution in [0.1, 0.15) is 16.8 Å². The van der Waals surface area contributed by atoms with Crippen LogP contribution < -0.4 is 5.56 Å². The highest BCUT2D eigenvalue weighted by Crippen LogP contribution is 2.27. The molecule has 0 aliphatic heterocycles. The van der Waals surface area contributed by atoms with Crippen LogP contribution in [0.5, 0.6) is 0 Å². The molecule has 0 bridgehead atoms. The number of halogens is 1. The summed E-state index contributed by atoms with van der Waals surface area (Å²) < 4.78 is 2.04. The van der Waals surface area contributed by atoms with Crippen molar-refractivity contribution in [2.75, 3.05) is 0 Å². The summed E-state index contributed by atoms with van der Waals surface area (Å²) in [5, 5.41) is 4.41.